The highest BCUT2D eigenvalue weighted by atomic mass is 19.4. The number of amides is 1. The van der Waals surface area contributed by atoms with E-state index in [2.05, 4.69) is 20.6 Å². The number of fused-ring (bicyclic) bond motifs is 1. The number of hydrogen-bond acceptors (Lipinski definition) is 6. The molecule has 32 heavy (non-hydrogen) atoms. The largest absolute Gasteiger partial charge is 0.495 e. The van der Waals surface area contributed by atoms with Crippen LogP contribution in [0.3, 0.4) is 0 Å². The number of benzene rings is 1. The molecule has 0 bridgehead atoms. The van der Waals surface area contributed by atoms with Crippen molar-refractivity contribution in [3.8, 4) is 5.75 Å². The van der Waals surface area contributed by atoms with Gasteiger partial charge in [0.2, 0.25) is 0 Å². The van der Waals surface area contributed by atoms with Crippen molar-refractivity contribution in [1.82, 2.24) is 14.9 Å². The van der Waals surface area contributed by atoms with Crippen LogP contribution in [-0.4, -0.2) is 61.2 Å². The summed E-state index contributed by atoms with van der Waals surface area (Å²) in [5.74, 6) is 0.587. The van der Waals surface area contributed by atoms with Gasteiger partial charge in [-0.15, -0.1) is 0 Å². The number of alkyl halides is 3. The van der Waals surface area contributed by atoms with Crippen molar-refractivity contribution < 1.29 is 27.4 Å². The number of hydrogen-bond donors (Lipinski definition) is 3. The van der Waals surface area contributed by atoms with Gasteiger partial charge in [0.25, 0.3) is 5.91 Å². The molecule has 1 aliphatic rings. The van der Waals surface area contributed by atoms with Crippen molar-refractivity contribution in [2.24, 2.45) is 0 Å². The third-order valence-corrected chi connectivity index (χ3v) is 5.23. The maximum Gasteiger partial charge on any atom is 0.418 e. The number of carbonyl (C=O) groups excluding carboxylic acids is 1. The Morgan fingerprint density at radius 2 is 1.97 bits per heavy atom. The van der Waals surface area contributed by atoms with Crippen LogP contribution < -0.4 is 15.4 Å². The number of nitrogens with one attached hydrogen (secondary N) is 3. The molecule has 1 aliphatic heterocycles. The van der Waals surface area contributed by atoms with Gasteiger partial charge in [-0.2, -0.15) is 13.2 Å². The van der Waals surface area contributed by atoms with E-state index in [1.165, 1.54) is 13.2 Å². The minimum absolute atomic E-state index is 0.0380. The second-order valence-electron chi connectivity index (χ2n) is 7.17. The van der Waals surface area contributed by atoms with E-state index in [4.69, 9.17) is 9.47 Å². The predicted molar refractivity (Wildman–Crippen MR) is 114 cm³/mol. The lowest BCUT2D eigenvalue weighted by molar-refractivity contribution is -0.136. The molecule has 0 saturated carbocycles. The van der Waals surface area contributed by atoms with Crippen molar-refractivity contribution in [1.29, 1.82) is 0 Å². The number of pyridine rings is 1. The molecule has 11 heteroatoms. The Kier molecular flexibility index (Phi) is 5.83. The van der Waals surface area contributed by atoms with Gasteiger partial charge in [-0.3, -0.25) is 4.79 Å². The van der Waals surface area contributed by atoms with E-state index >= 15 is 0 Å². The molecule has 0 spiro atoms. The quantitative estimate of drug-likeness (QED) is 0.548. The minimum atomic E-state index is -4.51. The standard InChI is InChI=1S/C21H22F3N5O3/c1-25-15-10-17(28-19-18(15)13(11-26-19)21(22,23)24)27-14-4-3-12(9-16(14)31-2)20(30)29-5-7-32-8-6-29/h3-4,9-11H,5-8H2,1-2H3,(H3,25,26,27,28). The van der Waals surface area contributed by atoms with Crippen molar-refractivity contribution in [2.45, 2.75) is 6.18 Å². The monoisotopic (exact) mass is 449 g/mol. The number of H-pyrrole nitrogens is 1. The summed E-state index contributed by atoms with van der Waals surface area (Å²) < 4.78 is 50.6. The summed E-state index contributed by atoms with van der Waals surface area (Å²) in [6.07, 6.45) is -3.61. The third kappa shape index (κ3) is 4.15. The number of methoxy groups -OCH3 is 1. The van der Waals surface area contributed by atoms with Gasteiger partial charge < -0.3 is 30.0 Å². The summed E-state index contributed by atoms with van der Waals surface area (Å²) in [6, 6.07) is 6.44. The SMILES string of the molecule is CNc1cc(Nc2ccc(C(=O)N3CCOCC3)cc2OC)nc2[nH]cc(C(F)(F)F)c12. The van der Waals surface area contributed by atoms with E-state index in [0.29, 0.717) is 49.1 Å². The molecule has 0 radical (unpaired) electrons. The Labute approximate surface area is 181 Å². The van der Waals surface area contributed by atoms with E-state index in [1.807, 2.05) is 0 Å². The zero-order valence-electron chi connectivity index (χ0n) is 17.5. The molecule has 8 nitrogen and oxygen atoms in total. The number of rotatable bonds is 5. The Morgan fingerprint density at radius 1 is 1.22 bits per heavy atom. The molecule has 4 rings (SSSR count). The highest BCUT2D eigenvalue weighted by Crippen LogP contribution is 2.39. The topological polar surface area (TPSA) is 91.5 Å². The molecule has 0 aliphatic carbocycles. The number of halogens is 3. The van der Waals surface area contributed by atoms with Crippen molar-refractivity contribution in [3.05, 3.63) is 41.6 Å². The Morgan fingerprint density at radius 3 is 2.62 bits per heavy atom. The fourth-order valence-electron chi connectivity index (χ4n) is 3.63. The van der Waals surface area contributed by atoms with E-state index in [-0.39, 0.29) is 22.6 Å². The first-order valence-corrected chi connectivity index (χ1v) is 9.91. The minimum Gasteiger partial charge on any atom is -0.495 e. The highest BCUT2D eigenvalue weighted by Gasteiger charge is 2.35. The van der Waals surface area contributed by atoms with Crippen LogP contribution in [0.25, 0.3) is 11.0 Å². The van der Waals surface area contributed by atoms with E-state index in [0.717, 1.165) is 6.20 Å². The van der Waals surface area contributed by atoms with Gasteiger partial charge in [0.1, 0.15) is 17.2 Å². The normalized spacial score (nSPS) is 14.5. The van der Waals surface area contributed by atoms with Crippen LogP contribution in [0, 0.1) is 0 Å². The summed E-state index contributed by atoms with van der Waals surface area (Å²) in [7, 11) is 3.01. The third-order valence-electron chi connectivity index (χ3n) is 5.23. The Bertz CT molecular complexity index is 1140. The molecular weight excluding hydrogens is 427 g/mol. The summed E-state index contributed by atoms with van der Waals surface area (Å²) >= 11 is 0. The number of aromatic nitrogens is 2. The summed E-state index contributed by atoms with van der Waals surface area (Å²) in [6.45, 7) is 2.04. The molecule has 1 aromatic carbocycles. The molecule has 0 atom stereocenters. The lowest BCUT2D eigenvalue weighted by Gasteiger charge is -2.27. The molecule has 2 aromatic heterocycles. The molecule has 1 fully saturated rings. The molecule has 0 unspecified atom stereocenters. The van der Waals surface area contributed by atoms with Crippen molar-refractivity contribution in [2.75, 3.05) is 51.1 Å². The maximum atomic E-state index is 13.3. The number of aromatic amines is 1. The first-order chi connectivity index (χ1) is 15.3. The van der Waals surface area contributed by atoms with Gasteiger partial charge in [0, 0.05) is 43.7 Å². The summed E-state index contributed by atoms with van der Waals surface area (Å²) in [5.41, 5.74) is 0.545. The average molecular weight is 449 g/mol. The number of nitrogens with zero attached hydrogens (tertiary/aromatic N) is 2. The zero-order chi connectivity index (χ0) is 22.9. The van der Waals surface area contributed by atoms with Gasteiger partial charge in [0.05, 0.1) is 37.0 Å². The van der Waals surface area contributed by atoms with Crippen LogP contribution in [-0.2, 0) is 10.9 Å². The zero-order valence-corrected chi connectivity index (χ0v) is 17.5. The van der Waals surface area contributed by atoms with Gasteiger partial charge in [-0.25, -0.2) is 4.98 Å². The van der Waals surface area contributed by atoms with E-state index < -0.39 is 11.7 Å². The van der Waals surface area contributed by atoms with Gasteiger partial charge in [-0.1, -0.05) is 0 Å². The van der Waals surface area contributed by atoms with Crippen molar-refractivity contribution in [3.63, 3.8) is 0 Å². The average Bonchev–Trinajstić information content (AvgIpc) is 3.23. The fourth-order valence-corrected chi connectivity index (χ4v) is 3.63. The van der Waals surface area contributed by atoms with Crippen LogP contribution in [0.5, 0.6) is 5.75 Å². The summed E-state index contributed by atoms with van der Waals surface area (Å²) in [4.78, 5) is 21.3. The fraction of sp³-hybridized carbons (Fsp3) is 0.333. The number of carbonyl (C=O) groups is 1. The van der Waals surface area contributed by atoms with Crippen LogP contribution in [0.1, 0.15) is 15.9 Å². The lowest BCUT2D eigenvalue weighted by Crippen LogP contribution is -2.40. The molecule has 1 amide bonds. The smallest absolute Gasteiger partial charge is 0.418 e. The van der Waals surface area contributed by atoms with Crippen LogP contribution >= 0.6 is 0 Å². The maximum absolute atomic E-state index is 13.3. The van der Waals surface area contributed by atoms with Crippen molar-refractivity contribution >= 4 is 34.1 Å². The van der Waals surface area contributed by atoms with Gasteiger partial charge in [-0.05, 0) is 18.2 Å². The van der Waals surface area contributed by atoms with Crippen LogP contribution in [0.15, 0.2) is 30.5 Å². The predicted octanol–water partition coefficient (Wildman–Crippen LogP) is 3.85. The lowest BCUT2D eigenvalue weighted by atomic mass is 10.1. The highest BCUT2D eigenvalue weighted by molar-refractivity contribution is 5.96. The second kappa shape index (κ2) is 8.58. The van der Waals surface area contributed by atoms with Gasteiger partial charge in [0.15, 0.2) is 0 Å². The number of anilines is 3. The summed E-state index contributed by atoms with van der Waals surface area (Å²) in [5, 5.41) is 5.82. The van der Waals surface area contributed by atoms with Crippen LogP contribution in [0.2, 0.25) is 0 Å². The molecule has 1 saturated heterocycles. The first kappa shape index (κ1) is 21.8. The molecule has 170 valence electrons. The first-order valence-electron chi connectivity index (χ1n) is 9.91. The Hall–Kier alpha value is -3.47. The molecular formula is C21H22F3N5O3. The molecule has 3 N–H and O–H groups in total. The second-order valence-corrected chi connectivity index (χ2v) is 7.17. The van der Waals surface area contributed by atoms with Gasteiger partial charge >= 0.3 is 6.18 Å². The molecule has 3 heterocycles. The van der Waals surface area contributed by atoms with Crippen LogP contribution in [0.4, 0.5) is 30.4 Å². The van der Waals surface area contributed by atoms with E-state index in [9.17, 15) is 18.0 Å². The van der Waals surface area contributed by atoms with E-state index in [1.54, 1.807) is 30.1 Å². The Balaban J connectivity index is 1.64. The number of morpholine rings is 1. The molecule has 3 aromatic rings. The number of ether oxygens (including phenoxy) is 2.